The molecule has 1 amide bonds. The van der Waals surface area contributed by atoms with E-state index in [-0.39, 0.29) is 11.8 Å². The lowest BCUT2D eigenvalue weighted by Gasteiger charge is -2.57. The molecule has 4 bridgehead atoms. The van der Waals surface area contributed by atoms with E-state index in [4.69, 9.17) is 14.5 Å². The Balaban J connectivity index is 1.11. The van der Waals surface area contributed by atoms with Crippen LogP contribution in [-0.2, 0) is 21.4 Å². The molecule has 3 aromatic carbocycles. The molecule has 224 valence electrons. The van der Waals surface area contributed by atoms with Crippen LogP contribution in [-0.4, -0.2) is 36.0 Å². The number of carbonyl (C=O) groups is 3. The number of methoxy groups -OCH3 is 1. The van der Waals surface area contributed by atoms with E-state index >= 15 is 0 Å². The molecule has 1 heterocycles. The standard InChI is InChI=1S/C37H36N2O5/c1-43-36(42)33(18-23-11-13-28(14-12-23)44-35(41)27-7-3-2-4-8-27)39-34(40)32-19-30(29-9-5-6-10-31(29)38-32)37-20-24-15-25(21-37)17-26(16-24)22-37/h2-14,19,24-26,33H,15-18,20-22H2,1H3,(H,39,40)/t24?,25?,26?,33-,37?/m0/s1. The lowest BCUT2D eigenvalue weighted by atomic mass is 9.48. The molecule has 4 aliphatic rings. The average molecular weight is 589 g/mol. The van der Waals surface area contributed by atoms with Gasteiger partial charge in [-0.3, -0.25) is 4.79 Å². The maximum Gasteiger partial charge on any atom is 0.343 e. The summed E-state index contributed by atoms with van der Waals surface area (Å²) in [5, 5.41) is 4.03. The molecule has 0 radical (unpaired) electrons. The summed E-state index contributed by atoms with van der Waals surface area (Å²) in [6.07, 6.45) is 7.76. The number of fused-ring (bicyclic) bond motifs is 1. The summed E-state index contributed by atoms with van der Waals surface area (Å²) in [5.41, 5.74) is 3.69. The van der Waals surface area contributed by atoms with Crippen molar-refractivity contribution in [2.24, 2.45) is 17.8 Å². The molecule has 0 saturated heterocycles. The van der Waals surface area contributed by atoms with Gasteiger partial charge in [-0.1, -0.05) is 48.5 Å². The van der Waals surface area contributed by atoms with E-state index in [0.29, 0.717) is 17.0 Å². The zero-order valence-electron chi connectivity index (χ0n) is 24.8. The predicted octanol–water partition coefficient (Wildman–Crippen LogP) is 6.44. The van der Waals surface area contributed by atoms with Gasteiger partial charge in [0.15, 0.2) is 0 Å². The number of benzene rings is 3. The number of rotatable bonds is 8. The second-order valence-electron chi connectivity index (χ2n) is 12.9. The minimum atomic E-state index is -0.915. The first-order valence-corrected chi connectivity index (χ1v) is 15.5. The molecule has 7 heteroatoms. The van der Waals surface area contributed by atoms with Crippen LogP contribution in [0.3, 0.4) is 0 Å². The summed E-state index contributed by atoms with van der Waals surface area (Å²) in [6.45, 7) is 0. The van der Waals surface area contributed by atoms with Crippen molar-refractivity contribution in [1.82, 2.24) is 10.3 Å². The van der Waals surface area contributed by atoms with Gasteiger partial charge in [-0.2, -0.15) is 0 Å². The van der Waals surface area contributed by atoms with Gasteiger partial charge in [0.2, 0.25) is 0 Å². The molecular formula is C37H36N2O5. The van der Waals surface area contributed by atoms with E-state index in [1.165, 1.54) is 51.2 Å². The number of aromatic nitrogens is 1. The lowest BCUT2D eigenvalue weighted by molar-refractivity contribution is -0.142. The fraction of sp³-hybridized carbons (Fsp3) is 0.351. The number of hydrogen-bond donors (Lipinski definition) is 1. The van der Waals surface area contributed by atoms with Crippen molar-refractivity contribution in [3.8, 4) is 5.75 Å². The van der Waals surface area contributed by atoms with Crippen LogP contribution < -0.4 is 10.1 Å². The Morgan fingerprint density at radius 2 is 1.50 bits per heavy atom. The van der Waals surface area contributed by atoms with Gasteiger partial charge < -0.3 is 14.8 Å². The highest BCUT2D eigenvalue weighted by Crippen LogP contribution is 2.61. The Kier molecular flexibility index (Phi) is 7.40. The van der Waals surface area contributed by atoms with E-state index in [2.05, 4.69) is 17.4 Å². The zero-order chi connectivity index (χ0) is 30.3. The van der Waals surface area contributed by atoms with Crippen LogP contribution in [0.2, 0.25) is 0 Å². The van der Waals surface area contributed by atoms with Crippen LogP contribution in [0.5, 0.6) is 5.75 Å². The van der Waals surface area contributed by atoms with Gasteiger partial charge in [-0.15, -0.1) is 0 Å². The molecule has 0 unspecified atom stereocenters. The Labute approximate surface area is 257 Å². The highest BCUT2D eigenvalue weighted by Gasteiger charge is 2.52. The van der Waals surface area contributed by atoms with E-state index in [9.17, 15) is 14.4 Å². The first-order valence-electron chi connectivity index (χ1n) is 15.5. The van der Waals surface area contributed by atoms with E-state index in [1.54, 1.807) is 48.5 Å². The number of pyridine rings is 1. The molecular weight excluding hydrogens is 552 g/mol. The van der Waals surface area contributed by atoms with Crippen molar-refractivity contribution in [1.29, 1.82) is 0 Å². The molecule has 0 spiro atoms. The van der Waals surface area contributed by atoms with Crippen LogP contribution in [0.25, 0.3) is 10.9 Å². The number of nitrogens with zero attached hydrogens (tertiary/aromatic N) is 1. The molecule has 7 nitrogen and oxygen atoms in total. The predicted molar refractivity (Wildman–Crippen MR) is 166 cm³/mol. The molecule has 0 aliphatic heterocycles. The molecule has 4 saturated carbocycles. The van der Waals surface area contributed by atoms with Crippen molar-refractivity contribution >= 4 is 28.7 Å². The number of esters is 2. The highest BCUT2D eigenvalue weighted by atomic mass is 16.5. The highest BCUT2D eigenvalue weighted by molar-refractivity contribution is 5.98. The van der Waals surface area contributed by atoms with Gasteiger partial charge in [0.1, 0.15) is 17.5 Å². The molecule has 1 aromatic heterocycles. The van der Waals surface area contributed by atoms with Gasteiger partial charge in [0.05, 0.1) is 18.2 Å². The van der Waals surface area contributed by atoms with Gasteiger partial charge in [-0.05, 0) is 109 Å². The monoisotopic (exact) mass is 588 g/mol. The summed E-state index contributed by atoms with van der Waals surface area (Å²) >= 11 is 0. The molecule has 1 atom stereocenters. The number of amides is 1. The molecule has 4 aromatic rings. The van der Waals surface area contributed by atoms with Gasteiger partial charge in [-0.25, -0.2) is 14.6 Å². The minimum Gasteiger partial charge on any atom is -0.467 e. The first kappa shape index (κ1) is 28.3. The van der Waals surface area contributed by atoms with Crippen LogP contribution in [0.4, 0.5) is 0 Å². The molecule has 44 heavy (non-hydrogen) atoms. The summed E-state index contributed by atoms with van der Waals surface area (Å²) in [5.74, 6) is 1.30. The van der Waals surface area contributed by atoms with E-state index < -0.39 is 23.9 Å². The van der Waals surface area contributed by atoms with E-state index in [1.807, 2.05) is 24.3 Å². The lowest BCUT2D eigenvalue weighted by Crippen LogP contribution is -2.48. The van der Waals surface area contributed by atoms with Crippen molar-refractivity contribution in [2.45, 2.75) is 56.4 Å². The quantitative estimate of drug-likeness (QED) is 0.188. The third-order valence-corrected chi connectivity index (χ3v) is 9.93. The zero-order valence-corrected chi connectivity index (χ0v) is 24.8. The third kappa shape index (κ3) is 5.47. The molecule has 4 aliphatic carbocycles. The van der Waals surface area contributed by atoms with Crippen molar-refractivity contribution in [3.05, 3.63) is 107 Å². The van der Waals surface area contributed by atoms with Crippen LogP contribution in [0, 0.1) is 17.8 Å². The van der Waals surface area contributed by atoms with Gasteiger partial charge >= 0.3 is 11.9 Å². The maximum absolute atomic E-state index is 13.8. The second-order valence-corrected chi connectivity index (χ2v) is 12.9. The fourth-order valence-electron chi connectivity index (χ4n) is 8.41. The third-order valence-electron chi connectivity index (χ3n) is 9.93. The summed E-state index contributed by atoms with van der Waals surface area (Å²) in [6, 6.07) is 24.9. The molecule has 8 rings (SSSR count). The summed E-state index contributed by atoms with van der Waals surface area (Å²) < 4.78 is 10.5. The fourth-order valence-corrected chi connectivity index (χ4v) is 8.41. The molecule has 4 fully saturated rings. The number of ether oxygens (including phenoxy) is 2. The first-order chi connectivity index (χ1) is 21.4. The van der Waals surface area contributed by atoms with Crippen LogP contribution in [0.15, 0.2) is 84.9 Å². The smallest absolute Gasteiger partial charge is 0.343 e. The normalized spacial score (nSPS) is 24.1. The Morgan fingerprint density at radius 1 is 0.864 bits per heavy atom. The van der Waals surface area contributed by atoms with Gasteiger partial charge in [0, 0.05) is 11.8 Å². The van der Waals surface area contributed by atoms with Crippen LogP contribution >= 0.6 is 0 Å². The van der Waals surface area contributed by atoms with Crippen molar-refractivity contribution in [2.75, 3.05) is 7.11 Å². The number of carbonyl (C=O) groups excluding carboxylic acids is 3. The van der Waals surface area contributed by atoms with Crippen molar-refractivity contribution < 1.29 is 23.9 Å². The SMILES string of the molecule is COC(=O)[C@H](Cc1ccc(OC(=O)c2ccccc2)cc1)NC(=O)c1cc(C23CC4CC(CC(C4)C2)C3)c2ccccc2n1. The van der Waals surface area contributed by atoms with E-state index in [0.717, 1.165) is 34.2 Å². The number of para-hydroxylation sites is 1. The number of nitrogens with one attached hydrogen (secondary N) is 1. The Bertz CT molecular complexity index is 1680. The molecule has 1 N–H and O–H groups in total. The number of hydrogen-bond acceptors (Lipinski definition) is 6. The summed E-state index contributed by atoms with van der Waals surface area (Å²) in [7, 11) is 1.31. The Hall–Kier alpha value is -4.52. The largest absolute Gasteiger partial charge is 0.467 e. The Morgan fingerprint density at radius 3 is 2.16 bits per heavy atom. The second kappa shape index (κ2) is 11.5. The van der Waals surface area contributed by atoms with Crippen LogP contribution in [0.1, 0.15) is 70.5 Å². The minimum absolute atomic E-state index is 0.0831. The maximum atomic E-state index is 13.8. The topological polar surface area (TPSA) is 94.6 Å². The van der Waals surface area contributed by atoms with Gasteiger partial charge in [0.25, 0.3) is 5.91 Å². The van der Waals surface area contributed by atoms with Crippen molar-refractivity contribution in [3.63, 3.8) is 0 Å². The summed E-state index contributed by atoms with van der Waals surface area (Å²) in [4.78, 5) is 43.8. The average Bonchev–Trinajstić information content (AvgIpc) is 3.04.